The molecule has 2 amide bonds. The van der Waals surface area contributed by atoms with E-state index in [0.29, 0.717) is 17.7 Å². The van der Waals surface area contributed by atoms with Crippen LogP contribution in [0.4, 0.5) is 4.39 Å². The second kappa shape index (κ2) is 14.3. The molecule has 39 heavy (non-hydrogen) atoms. The summed E-state index contributed by atoms with van der Waals surface area (Å²) >= 11 is 3.53. The maximum atomic E-state index is 14.8. The molecule has 5 nitrogen and oxygen atoms in total. The number of rotatable bonds is 11. The van der Waals surface area contributed by atoms with Crippen LogP contribution in [-0.2, 0) is 29.0 Å². The van der Waals surface area contributed by atoms with Gasteiger partial charge in [0.1, 0.15) is 17.6 Å². The van der Waals surface area contributed by atoms with Gasteiger partial charge in [-0.05, 0) is 64.5 Å². The summed E-state index contributed by atoms with van der Waals surface area (Å²) in [7, 11) is 0. The van der Waals surface area contributed by atoms with Gasteiger partial charge in [0, 0.05) is 24.6 Å². The Labute approximate surface area is 238 Å². The summed E-state index contributed by atoms with van der Waals surface area (Å²) < 4.78 is 21.4. The van der Waals surface area contributed by atoms with E-state index in [-0.39, 0.29) is 31.0 Å². The fourth-order valence-corrected chi connectivity index (χ4v) is 5.55. The van der Waals surface area contributed by atoms with Crippen molar-refractivity contribution in [2.75, 3.05) is 6.61 Å². The second-order valence-electron chi connectivity index (χ2n) is 10.1. The lowest BCUT2D eigenvalue weighted by Gasteiger charge is -2.33. The molecule has 4 rings (SSSR count). The van der Waals surface area contributed by atoms with E-state index in [2.05, 4.69) is 28.2 Å². The third-order valence-electron chi connectivity index (χ3n) is 7.28. The molecule has 7 heteroatoms. The molecule has 0 aromatic heterocycles. The van der Waals surface area contributed by atoms with Gasteiger partial charge >= 0.3 is 0 Å². The monoisotopic (exact) mass is 594 g/mol. The van der Waals surface area contributed by atoms with Gasteiger partial charge in [-0.2, -0.15) is 0 Å². The maximum absolute atomic E-state index is 14.8. The molecule has 0 spiro atoms. The first-order chi connectivity index (χ1) is 18.9. The molecule has 1 aliphatic carbocycles. The molecule has 1 N–H and O–H groups in total. The van der Waals surface area contributed by atoms with Gasteiger partial charge in [-0.25, -0.2) is 4.39 Å². The van der Waals surface area contributed by atoms with Crippen molar-refractivity contribution in [2.24, 2.45) is 0 Å². The summed E-state index contributed by atoms with van der Waals surface area (Å²) in [5, 5.41) is 3.20. The summed E-state index contributed by atoms with van der Waals surface area (Å²) in [5.41, 5.74) is 2.42. The van der Waals surface area contributed by atoms with Crippen LogP contribution in [0.1, 0.15) is 55.7 Å². The zero-order valence-corrected chi connectivity index (χ0v) is 24.0. The van der Waals surface area contributed by atoms with Crippen molar-refractivity contribution in [3.8, 4) is 5.75 Å². The van der Waals surface area contributed by atoms with Crippen LogP contribution in [0.3, 0.4) is 0 Å². The highest BCUT2D eigenvalue weighted by Gasteiger charge is 2.32. The van der Waals surface area contributed by atoms with Gasteiger partial charge in [-0.1, -0.05) is 80.8 Å². The van der Waals surface area contributed by atoms with E-state index >= 15 is 0 Å². The summed E-state index contributed by atoms with van der Waals surface area (Å²) in [5.74, 6) is -0.480. The molecule has 1 saturated carbocycles. The van der Waals surface area contributed by atoms with Crippen molar-refractivity contribution in [1.29, 1.82) is 0 Å². The van der Waals surface area contributed by atoms with Crippen LogP contribution in [0.5, 0.6) is 5.75 Å². The zero-order chi connectivity index (χ0) is 27.6. The number of carbonyl (C=O) groups is 2. The first-order valence-electron chi connectivity index (χ1n) is 13.7. The van der Waals surface area contributed by atoms with Gasteiger partial charge in [0.25, 0.3) is 5.91 Å². The van der Waals surface area contributed by atoms with Crippen LogP contribution in [0.25, 0.3) is 0 Å². The standard InChI is InChI=1S/C32H36BrFN2O3/c1-2-23-17-18-30(27(33)19-23)39-22-31(37)36(21-25-13-9-10-16-28(25)34)29(20-24-11-5-3-6-12-24)32(38)35-26-14-7-4-8-15-26/h3,5-6,9-13,16-19,26,29H,2,4,7-8,14-15,20-22H2,1H3,(H,35,38). The van der Waals surface area contributed by atoms with Gasteiger partial charge in [-0.3, -0.25) is 9.59 Å². The second-order valence-corrected chi connectivity index (χ2v) is 10.9. The summed E-state index contributed by atoms with van der Waals surface area (Å²) in [6.45, 7) is 1.75. The minimum atomic E-state index is -0.823. The number of benzene rings is 3. The number of hydrogen-bond donors (Lipinski definition) is 1. The number of halogens is 2. The fourth-order valence-electron chi connectivity index (χ4n) is 5.01. The minimum Gasteiger partial charge on any atom is -0.483 e. The van der Waals surface area contributed by atoms with Crippen LogP contribution in [0.15, 0.2) is 77.3 Å². The van der Waals surface area contributed by atoms with Crippen LogP contribution in [0.2, 0.25) is 0 Å². The molecule has 0 bridgehead atoms. The summed E-state index contributed by atoms with van der Waals surface area (Å²) in [6, 6.07) is 21.0. The third-order valence-corrected chi connectivity index (χ3v) is 7.90. The molecule has 1 unspecified atom stereocenters. The van der Waals surface area contributed by atoms with Gasteiger partial charge in [-0.15, -0.1) is 0 Å². The molecule has 0 aliphatic heterocycles. The molecule has 1 atom stereocenters. The van der Waals surface area contributed by atoms with Crippen LogP contribution in [0, 0.1) is 5.82 Å². The maximum Gasteiger partial charge on any atom is 0.261 e. The summed E-state index contributed by atoms with van der Waals surface area (Å²) in [4.78, 5) is 29.0. The fraction of sp³-hybridized carbons (Fsp3) is 0.375. The Morgan fingerprint density at radius 3 is 2.41 bits per heavy atom. The first-order valence-corrected chi connectivity index (χ1v) is 14.5. The number of ether oxygens (including phenoxy) is 1. The molecule has 3 aromatic carbocycles. The molecule has 0 heterocycles. The molecule has 3 aromatic rings. The van der Waals surface area contributed by atoms with E-state index in [1.54, 1.807) is 18.2 Å². The average molecular weight is 596 g/mol. The molecule has 206 valence electrons. The Morgan fingerprint density at radius 1 is 1.00 bits per heavy atom. The Morgan fingerprint density at radius 2 is 1.72 bits per heavy atom. The number of nitrogens with zero attached hydrogens (tertiary/aromatic N) is 1. The van der Waals surface area contributed by atoms with E-state index < -0.39 is 11.9 Å². The normalized spacial score (nSPS) is 14.4. The van der Waals surface area contributed by atoms with Gasteiger partial charge in [0.05, 0.1) is 4.47 Å². The highest BCUT2D eigenvalue weighted by molar-refractivity contribution is 9.10. The van der Waals surface area contributed by atoms with E-state index in [1.807, 2.05) is 48.5 Å². The Hall–Kier alpha value is -3.19. The zero-order valence-electron chi connectivity index (χ0n) is 22.4. The van der Waals surface area contributed by atoms with E-state index in [4.69, 9.17) is 4.74 Å². The first kappa shape index (κ1) is 28.8. The van der Waals surface area contributed by atoms with Crippen molar-refractivity contribution in [3.63, 3.8) is 0 Å². The number of carbonyl (C=O) groups excluding carboxylic acids is 2. The van der Waals surface area contributed by atoms with Crippen molar-refractivity contribution in [3.05, 3.63) is 99.8 Å². The minimum absolute atomic E-state index is 0.0413. The number of nitrogens with one attached hydrogen (secondary N) is 1. The van der Waals surface area contributed by atoms with E-state index in [1.165, 1.54) is 17.4 Å². The van der Waals surface area contributed by atoms with Crippen molar-refractivity contribution in [1.82, 2.24) is 10.2 Å². The Bertz CT molecular complexity index is 1250. The number of hydrogen-bond acceptors (Lipinski definition) is 3. The number of amides is 2. The average Bonchev–Trinajstić information content (AvgIpc) is 2.96. The smallest absolute Gasteiger partial charge is 0.261 e. The lowest BCUT2D eigenvalue weighted by atomic mass is 9.94. The SMILES string of the molecule is CCc1ccc(OCC(=O)N(Cc2ccccc2F)C(Cc2ccccc2)C(=O)NC2CCCCC2)c(Br)c1. The lowest BCUT2D eigenvalue weighted by molar-refractivity contribution is -0.143. The Balaban J connectivity index is 1.62. The predicted octanol–water partition coefficient (Wildman–Crippen LogP) is 6.62. The predicted molar refractivity (Wildman–Crippen MR) is 155 cm³/mol. The lowest BCUT2D eigenvalue weighted by Crippen LogP contribution is -2.53. The van der Waals surface area contributed by atoms with Gasteiger partial charge < -0.3 is 15.0 Å². The van der Waals surface area contributed by atoms with E-state index in [9.17, 15) is 14.0 Å². The van der Waals surface area contributed by atoms with Gasteiger partial charge in [0.15, 0.2) is 6.61 Å². The quantitative estimate of drug-likeness (QED) is 0.271. The van der Waals surface area contributed by atoms with Crippen LogP contribution < -0.4 is 10.1 Å². The third kappa shape index (κ3) is 8.15. The number of aryl methyl sites for hydroxylation is 1. The highest BCUT2D eigenvalue weighted by atomic mass is 79.9. The van der Waals surface area contributed by atoms with Gasteiger partial charge in [0.2, 0.25) is 5.91 Å². The Kier molecular flexibility index (Phi) is 10.5. The molecule has 1 fully saturated rings. The largest absolute Gasteiger partial charge is 0.483 e. The van der Waals surface area contributed by atoms with Crippen LogP contribution in [-0.4, -0.2) is 35.4 Å². The molecule has 0 radical (unpaired) electrons. The van der Waals surface area contributed by atoms with Crippen molar-refractivity contribution >= 4 is 27.7 Å². The topological polar surface area (TPSA) is 58.6 Å². The van der Waals surface area contributed by atoms with Crippen LogP contribution >= 0.6 is 15.9 Å². The molecular weight excluding hydrogens is 559 g/mol. The van der Waals surface area contributed by atoms with Crippen molar-refractivity contribution in [2.45, 2.75) is 70.5 Å². The molecular formula is C32H36BrFN2O3. The van der Waals surface area contributed by atoms with Crippen molar-refractivity contribution < 1.29 is 18.7 Å². The molecule has 0 saturated heterocycles. The summed E-state index contributed by atoms with van der Waals surface area (Å²) in [6.07, 6.45) is 6.37. The highest BCUT2D eigenvalue weighted by Crippen LogP contribution is 2.27. The molecule has 1 aliphatic rings. The van der Waals surface area contributed by atoms with E-state index in [0.717, 1.165) is 47.7 Å².